The summed E-state index contributed by atoms with van der Waals surface area (Å²) in [6.07, 6.45) is 11.8. The SMILES string of the molecule is CC(C)(C)[Si](C)(C)OC(CCC1=CCC(=O)[C@@H]1C/C=C\CCCC(=O)O)Cc1ccccc1. The predicted octanol–water partition coefficient (Wildman–Crippen LogP) is 7.12. The predicted molar refractivity (Wildman–Crippen MR) is 138 cm³/mol. The highest BCUT2D eigenvalue weighted by Gasteiger charge is 2.39. The summed E-state index contributed by atoms with van der Waals surface area (Å²) in [6, 6.07) is 10.5. The lowest BCUT2D eigenvalue weighted by atomic mass is 9.91. The van der Waals surface area contributed by atoms with E-state index in [0.29, 0.717) is 25.0 Å². The number of benzene rings is 1. The minimum Gasteiger partial charge on any atom is -0.481 e. The molecule has 1 aromatic carbocycles. The molecule has 0 heterocycles. The van der Waals surface area contributed by atoms with Gasteiger partial charge in [-0.3, -0.25) is 9.59 Å². The molecular formula is C28H42O4Si. The summed E-state index contributed by atoms with van der Waals surface area (Å²) in [5.41, 5.74) is 2.53. The molecule has 0 saturated heterocycles. The Bertz CT molecular complexity index is 833. The minimum absolute atomic E-state index is 0.0361. The van der Waals surface area contributed by atoms with Crippen LogP contribution in [0.3, 0.4) is 0 Å². The van der Waals surface area contributed by atoms with E-state index in [-0.39, 0.29) is 23.5 Å². The van der Waals surface area contributed by atoms with Crippen molar-refractivity contribution in [2.75, 3.05) is 0 Å². The normalized spacial score (nSPS) is 18.0. The van der Waals surface area contributed by atoms with Crippen LogP contribution in [0.25, 0.3) is 0 Å². The number of carboxylic acid groups (broad SMARTS) is 1. The Labute approximate surface area is 201 Å². The third-order valence-electron chi connectivity index (χ3n) is 7.03. The first kappa shape index (κ1) is 27.3. The zero-order chi connectivity index (χ0) is 24.5. The van der Waals surface area contributed by atoms with Crippen molar-refractivity contribution in [3.63, 3.8) is 0 Å². The quantitative estimate of drug-likeness (QED) is 0.189. The van der Waals surface area contributed by atoms with Crippen molar-refractivity contribution in [2.45, 2.75) is 96.4 Å². The van der Waals surface area contributed by atoms with Gasteiger partial charge in [0.15, 0.2) is 8.32 Å². The highest BCUT2D eigenvalue weighted by atomic mass is 28.4. The first-order chi connectivity index (χ1) is 15.5. The van der Waals surface area contributed by atoms with Gasteiger partial charge >= 0.3 is 5.97 Å². The van der Waals surface area contributed by atoms with Crippen molar-refractivity contribution < 1.29 is 19.1 Å². The van der Waals surface area contributed by atoms with E-state index in [9.17, 15) is 9.59 Å². The number of hydrogen-bond donors (Lipinski definition) is 1. The van der Waals surface area contributed by atoms with Crippen LogP contribution in [0, 0.1) is 5.92 Å². The van der Waals surface area contributed by atoms with Crippen LogP contribution < -0.4 is 0 Å². The first-order valence-electron chi connectivity index (χ1n) is 12.3. The molecule has 4 nitrogen and oxygen atoms in total. The van der Waals surface area contributed by atoms with Gasteiger partial charge in [0.25, 0.3) is 0 Å². The fraction of sp³-hybridized carbons (Fsp3) is 0.571. The molecule has 0 bridgehead atoms. The molecule has 33 heavy (non-hydrogen) atoms. The Hall–Kier alpha value is -1.98. The average molecular weight is 471 g/mol. The Morgan fingerprint density at radius 3 is 2.55 bits per heavy atom. The van der Waals surface area contributed by atoms with Gasteiger partial charge in [0.1, 0.15) is 5.78 Å². The number of aliphatic carboxylic acids is 1. The van der Waals surface area contributed by atoms with Crippen LogP contribution in [-0.2, 0) is 20.4 Å². The molecule has 5 heteroatoms. The third-order valence-corrected chi connectivity index (χ3v) is 11.6. The van der Waals surface area contributed by atoms with Gasteiger partial charge in [0.05, 0.1) is 0 Å². The molecule has 0 fully saturated rings. The molecular weight excluding hydrogens is 428 g/mol. The van der Waals surface area contributed by atoms with Gasteiger partial charge in [-0.15, -0.1) is 0 Å². The van der Waals surface area contributed by atoms with E-state index in [0.717, 1.165) is 25.7 Å². The van der Waals surface area contributed by atoms with Crippen molar-refractivity contribution in [1.82, 2.24) is 0 Å². The van der Waals surface area contributed by atoms with E-state index in [4.69, 9.17) is 9.53 Å². The number of rotatable bonds is 13. The Kier molecular flexibility index (Phi) is 10.3. The number of unbranched alkanes of at least 4 members (excludes halogenated alkanes) is 1. The lowest BCUT2D eigenvalue weighted by Crippen LogP contribution is -2.44. The Morgan fingerprint density at radius 2 is 1.91 bits per heavy atom. The van der Waals surface area contributed by atoms with Gasteiger partial charge in [-0.2, -0.15) is 0 Å². The Morgan fingerprint density at radius 1 is 1.21 bits per heavy atom. The van der Waals surface area contributed by atoms with Gasteiger partial charge in [-0.05, 0) is 62.2 Å². The molecule has 0 amide bonds. The molecule has 1 unspecified atom stereocenters. The maximum atomic E-state index is 12.5. The maximum absolute atomic E-state index is 12.5. The van der Waals surface area contributed by atoms with E-state index >= 15 is 0 Å². The molecule has 1 aliphatic rings. The topological polar surface area (TPSA) is 63.6 Å². The van der Waals surface area contributed by atoms with Crippen molar-refractivity contribution in [3.8, 4) is 0 Å². The molecule has 0 radical (unpaired) electrons. The second-order valence-corrected chi connectivity index (χ2v) is 15.5. The summed E-state index contributed by atoms with van der Waals surface area (Å²) in [5.74, 6) is -0.499. The number of carbonyl (C=O) groups is 2. The van der Waals surface area contributed by atoms with E-state index in [1.165, 1.54) is 11.1 Å². The highest BCUT2D eigenvalue weighted by molar-refractivity contribution is 6.74. The summed E-state index contributed by atoms with van der Waals surface area (Å²) >= 11 is 0. The molecule has 0 aliphatic heterocycles. The zero-order valence-electron chi connectivity index (χ0n) is 21.1. The fourth-order valence-electron chi connectivity index (χ4n) is 4.00. The molecule has 182 valence electrons. The lowest BCUT2D eigenvalue weighted by molar-refractivity contribution is -0.137. The largest absolute Gasteiger partial charge is 0.481 e. The van der Waals surface area contributed by atoms with Crippen molar-refractivity contribution in [2.24, 2.45) is 5.92 Å². The van der Waals surface area contributed by atoms with Crippen LogP contribution in [0.2, 0.25) is 18.1 Å². The van der Waals surface area contributed by atoms with E-state index < -0.39 is 14.3 Å². The van der Waals surface area contributed by atoms with Crippen molar-refractivity contribution >= 4 is 20.1 Å². The van der Waals surface area contributed by atoms with Crippen molar-refractivity contribution in [1.29, 1.82) is 0 Å². The van der Waals surface area contributed by atoms with Gasteiger partial charge in [-0.25, -0.2) is 0 Å². The van der Waals surface area contributed by atoms with E-state index in [1.807, 2.05) is 12.1 Å². The second-order valence-electron chi connectivity index (χ2n) is 10.7. The minimum atomic E-state index is -1.91. The molecule has 0 saturated carbocycles. The van der Waals surface area contributed by atoms with Gasteiger partial charge in [0, 0.05) is 24.9 Å². The van der Waals surface area contributed by atoms with Gasteiger partial charge < -0.3 is 9.53 Å². The molecule has 1 aromatic rings. The summed E-state index contributed by atoms with van der Waals surface area (Å²) in [6.45, 7) is 11.4. The van der Waals surface area contributed by atoms with Gasteiger partial charge in [0.2, 0.25) is 0 Å². The molecule has 0 aromatic heterocycles. The molecule has 1 N–H and O–H groups in total. The lowest BCUT2D eigenvalue weighted by Gasteiger charge is -2.39. The molecule has 2 rings (SSSR count). The fourth-order valence-corrected chi connectivity index (χ4v) is 5.39. The summed E-state index contributed by atoms with van der Waals surface area (Å²) in [4.78, 5) is 23.1. The van der Waals surface area contributed by atoms with Gasteiger partial charge in [-0.1, -0.05) is 74.9 Å². The van der Waals surface area contributed by atoms with Crippen molar-refractivity contribution in [3.05, 3.63) is 59.7 Å². The monoisotopic (exact) mass is 470 g/mol. The first-order valence-corrected chi connectivity index (χ1v) is 15.2. The number of carboxylic acids is 1. The number of Topliss-reactive ketones (excluding diaryl/α,β-unsaturated/α-hetero) is 1. The summed E-state index contributed by atoms with van der Waals surface area (Å²) < 4.78 is 6.84. The number of allylic oxidation sites excluding steroid dienone is 4. The van der Waals surface area contributed by atoms with Crippen LogP contribution in [-0.4, -0.2) is 31.3 Å². The maximum Gasteiger partial charge on any atom is 0.303 e. The molecule has 2 atom stereocenters. The standard InChI is InChI=1S/C28H42O4Si/c1-28(2,3)33(4,5)32-24(21-22-13-9-8-10-14-22)19-17-23-18-20-26(29)25(23)15-11-6-7-12-16-27(30)31/h6,8-11,13-14,18,24-25H,7,12,15-17,19-21H2,1-5H3,(H,30,31)/b11-6-/t24?,25-/m1/s1. The number of carbonyl (C=O) groups excluding carboxylic acids is 1. The van der Waals surface area contributed by atoms with Crippen LogP contribution >= 0.6 is 0 Å². The molecule has 0 spiro atoms. The van der Waals surface area contributed by atoms with Crippen LogP contribution in [0.5, 0.6) is 0 Å². The number of hydrogen-bond acceptors (Lipinski definition) is 3. The zero-order valence-corrected chi connectivity index (χ0v) is 22.1. The van der Waals surface area contributed by atoms with Crippen LogP contribution in [0.1, 0.15) is 71.3 Å². The van der Waals surface area contributed by atoms with E-state index in [1.54, 1.807) is 0 Å². The van der Waals surface area contributed by atoms with Crippen LogP contribution in [0.4, 0.5) is 0 Å². The summed E-state index contributed by atoms with van der Waals surface area (Å²) in [7, 11) is -1.91. The second kappa shape index (κ2) is 12.5. The highest BCUT2D eigenvalue weighted by Crippen LogP contribution is 2.39. The van der Waals surface area contributed by atoms with E-state index in [2.05, 4.69) is 70.3 Å². The average Bonchev–Trinajstić information content (AvgIpc) is 3.08. The molecule has 1 aliphatic carbocycles. The number of ketones is 1. The smallest absolute Gasteiger partial charge is 0.303 e. The Balaban J connectivity index is 1.99. The third kappa shape index (κ3) is 9.05. The summed E-state index contributed by atoms with van der Waals surface area (Å²) in [5, 5.41) is 8.89. The van der Waals surface area contributed by atoms with Crippen LogP contribution in [0.15, 0.2) is 54.1 Å².